The number of nitrogens with one attached hydrogen (secondary N) is 2. The minimum Gasteiger partial charge on any atom is -0.338 e. The highest BCUT2D eigenvalue weighted by molar-refractivity contribution is 6.04. The Kier molecular flexibility index (Phi) is 6.03. The van der Waals surface area contributed by atoms with Crippen LogP contribution >= 0.6 is 0 Å². The van der Waals surface area contributed by atoms with E-state index in [1.165, 1.54) is 6.20 Å². The lowest BCUT2D eigenvalue weighted by atomic mass is 10.1. The molecule has 0 radical (unpaired) electrons. The Morgan fingerprint density at radius 3 is 2.32 bits per heavy atom. The van der Waals surface area contributed by atoms with E-state index in [4.69, 9.17) is 0 Å². The normalized spacial score (nSPS) is 15.5. The van der Waals surface area contributed by atoms with Gasteiger partial charge in [-0.15, -0.1) is 0 Å². The second-order valence-corrected chi connectivity index (χ2v) is 7.42. The maximum Gasteiger partial charge on any atom is 0.257 e. The highest BCUT2D eigenvalue weighted by atomic mass is 16.2. The summed E-state index contributed by atoms with van der Waals surface area (Å²) in [5, 5.41) is 5.65. The molecule has 2 aromatic carbocycles. The van der Waals surface area contributed by atoms with Crippen LogP contribution < -0.4 is 10.6 Å². The molecule has 31 heavy (non-hydrogen) atoms. The molecule has 156 valence electrons. The lowest BCUT2D eigenvalue weighted by Gasteiger charge is -2.16. The smallest absolute Gasteiger partial charge is 0.257 e. The maximum atomic E-state index is 12.6. The molecule has 1 aliphatic heterocycles. The fourth-order valence-electron chi connectivity index (χ4n) is 3.49. The van der Waals surface area contributed by atoms with Gasteiger partial charge in [-0.3, -0.25) is 19.4 Å². The number of anilines is 2. The average molecular weight is 414 g/mol. The summed E-state index contributed by atoms with van der Waals surface area (Å²) in [6.45, 7) is 0.910. The molecule has 1 atom stereocenters. The number of aromatic nitrogens is 1. The number of pyridine rings is 1. The third kappa shape index (κ3) is 5.14. The summed E-state index contributed by atoms with van der Waals surface area (Å²) >= 11 is 0. The molecule has 0 saturated carbocycles. The molecule has 0 spiro atoms. The van der Waals surface area contributed by atoms with Crippen molar-refractivity contribution in [2.75, 3.05) is 17.2 Å². The lowest BCUT2D eigenvalue weighted by molar-refractivity contribution is -0.128. The molecule has 0 aliphatic carbocycles. The monoisotopic (exact) mass is 414 g/mol. The molecular formula is C24H22N4O3. The van der Waals surface area contributed by atoms with E-state index in [2.05, 4.69) is 15.6 Å². The highest BCUT2D eigenvalue weighted by Gasteiger charge is 2.34. The summed E-state index contributed by atoms with van der Waals surface area (Å²) in [7, 11) is 0. The predicted molar refractivity (Wildman–Crippen MR) is 117 cm³/mol. The summed E-state index contributed by atoms with van der Waals surface area (Å²) in [5.74, 6) is -0.845. The molecule has 4 rings (SSSR count). The van der Waals surface area contributed by atoms with Gasteiger partial charge in [-0.05, 0) is 42.0 Å². The van der Waals surface area contributed by atoms with Gasteiger partial charge in [-0.2, -0.15) is 0 Å². The number of rotatable bonds is 6. The molecule has 1 aromatic heterocycles. The van der Waals surface area contributed by atoms with E-state index >= 15 is 0 Å². The number of benzene rings is 2. The number of likely N-dealkylation sites (tertiary alicyclic amines) is 1. The zero-order valence-corrected chi connectivity index (χ0v) is 16.8. The van der Waals surface area contributed by atoms with E-state index in [0.717, 1.165) is 5.56 Å². The van der Waals surface area contributed by atoms with Crippen molar-refractivity contribution < 1.29 is 14.4 Å². The van der Waals surface area contributed by atoms with Gasteiger partial charge in [-0.1, -0.05) is 30.3 Å². The van der Waals surface area contributed by atoms with Crippen molar-refractivity contribution in [3.63, 3.8) is 0 Å². The Labute approximate surface area is 180 Å². The second kappa shape index (κ2) is 9.21. The number of carbonyl (C=O) groups is 3. The minimum absolute atomic E-state index is 0.0162. The number of nitrogens with zero attached hydrogens (tertiary/aromatic N) is 2. The molecular weight excluding hydrogens is 392 g/mol. The molecule has 1 unspecified atom stereocenters. The van der Waals surface area contributed by atoms with Gasteiger partial charge in [0.15, 0.2) is 0 Å². The Morgan fingerprint density at radius 2 is 1.65 bits per heavy atom. The first-order chi connectivity index (χ1) is 15.1. The van der Waals surface area contributed by atoms with Gasteiger partial charge in [0.1, 0.15) is 0 Å². The topological polar surface area (TPSA) is 91.4 Å². The van der Waals surface area contributed by atoms with Gasteiger partial charge in [0.2, 0.25) is 11.8 Å². The minimum atomic E-state index is -0.388. The summed E-state index contributed by atoms with van der Waals surface area (Å²) in [5.41, 5.74) is 2.72. The zero-order valence-electron chi connectivity index (χ0n) is 16.8. The highest BCUT2D eigenvalue weighted by Crippen LogP contribution is 2.22. The SMILES string of the molecule is O=C(Nc1ccc(NC(=O)C2CC(=O)N(Cc3ccccc3)C2)cc1)c1cccnc1. The molecule has 2 N–H and O–H groups in total. The van der Waals surface area contributed by atoms with E-state index in [-0.39, 0.29) is 30.1 Å². The molecule has 3 amide bonds. The zero-order chi connectivity index (χ0) is 21.6. The molecule has 2 heterocycles. The van der Waals surface area contributed by atoms with Crippen LogP contribution in [0.1, 0.15) is 22.3 Å². The summed E-state index contributed by atoms with van der Waals surface area (Å²) < 4.78 is 0. The summed E-state index contributed by atoms with van der Waals surface area (Å²) in [6, 6.07) is 20.0. The molecule has 1 aliphatic rings. The largest absolute Gasteiger partial charge is 0.338 e. The van der Waals surface area contributed by atoms with E-state index in [0.29, 0.717) is 30.0 Å². The first-order valence-corrected chi connectivity index (χ1v) is 10.0. The van der Waals surface area contributed by atoms with Crippen molar-refractivity contribution >= 4 is 29.1 Å². The standard InChI is InChI=1S/C24H22N4O3/c29-22-13-19(16-28(22)15-17-5-2-1-3-6-17)24(31)27-21-10-8-20(9-11-21)26-23(30)18-7-4-12-25-14-18/h1-12,14,19H,13,15-16H2,(H,26,30)(H,27,31). The van der Waals surface area contributed by atoms with Crippen molar-refractivity contribution in [1.29, 1.82) is 0 Å². The second-order valence-electron chi connectivity index (χ2n) is 7.42. The molecule has 3 aromatic rings. The van der Waals surface area contributed by atoms with Crippen LogP contribution in [0, 0.1) is 5.92 Å². The Hall–Kier alpha value is -4.00. The fourth-order valence-corrected chi connectivity index (χ4v) is 3.49. The Morgan fingerprint density at radius 1 is 0.935 bits per heavy atom. The van der Waals surface area contributed by atoms with Crippen molar-refractivity contribution in [1.82, 2.24) is 9.88 Å². The van der Waals surface area contributed by atoms with Crippen LogP contribution in [0.15, 0.2) is 79.1 Å². The number of hydrogen-bond acceptors (Lipinski definition) is 4. The molecule has 7 nitrogen and oxygen atoms in total. The third-order valence-electron chi connectivity index (χ3n) is 5.14. The van der Waals surface area contributed by atoms with Gasteiger partial charge >= 0.3 is 0 Å². The van der Waals surface area contributed by atoms with E-state index in [1.54, 1.807) is 47.5 Å². The first-order valence-electron chi connectivity index (χ1n) is 10.0. The summed E-state index contributed by atoms with van der Waals surface area (Å²) in [6.07, 6.45) is 3.30. The van der Waals surface area contributed by atoms with E-state index < -0.39 is 0 Å². The van der Waals surface area contributed by atoms with Crippen LogP contribution in [0.5, 0.6) is 0 Å². The Bertz CT molecular complexity index is 1070. The van der Waals surface area contributed by atoms with Gasteiger partial charge in [0.25, 0.3) is 5.91 Å². The maximum absolute atomic E-state index is 12.6. The first kappa shape index (κ1) is 20.3. The predicted octanol–water partition coefficient (Wildman–Crippen LogP) is 3.32. The summed E-state index contributed by atoms with van der Waals surface area (Å²) in [4.78, 5) is 42.8. The van der Waals surface area contributed by atoms with E-state index in [9.17, 15) is 14.4 Å². The van der Waals surface area contributed by atoms with Gasteiger partial charge in [-0.25, -0.2) is 0 Å². The van der Waals surface area contributed by atoms with Gasteiger partial charge in [0, 0.05) is 43.3 Å². The number of carbonyl (C=O) groups excluding carboxylic acids is 3. The van der Waals surface area contributed by atoms with Crippen LogP contribution in [0.3, 0.4) is 0 Å². The quantitative estimate of drug-likeness (QED) is 0.647. The molecule has 0 bridgehead atoms. The average Bonchev–Trinajstić information content (AvgIpc) is 3.16. The van der Waals surface area contributed by atoms with E-state index in [1.807, 2.05) is 30.3 Å². The van der Waals surface area contributed by atoms with Crippen LogP contribution in [0.4, 0.5) is 11.4 Å². The van der Waals surface area contributed by atoms with Crippen molar-refractivity contribution in [3.05, 3.63) is 90.3 Å². The number of amides is 3. The van der Waals surface area contributed by atoms with Crippen LogP contribution in [0.25, 0.3) is 0 Å². The van der Waals surface area contributed by atoms with Crippen LogP contribution in [-0.4, -0.2) is 34.2 Å². The van der Waals surface area contributed by atoms with Crippen molar-refractivity contribution in [3.8, 4) is 0 Å². The van der Waals surface area contributed by atoms with Crippen molar-refractivity contribution in [2.24, 2.45) is 5.92 Å². The lowest BCUT2D eigenvalue weighted by Crippen LogP contribution is -2.28. The van der Waals surface area contributed by atoms with Crippen molar-refractivity contribution in [2.45, 2.75) is 13.0 Å². The van der Waals surface area contributed by atoms with Gasteiger partial charge < -0.3 is 15.5 Å². The Balaban J connectivity index is 1.31. The number of hydrogen-bond donors (Lipinski definition) is 2. The fraction of sp³-hybridized carbons (Fsp3) is 0.167. The molecule has 1 fully saturated rings. The van der Waals surface area contributed by atoms with Crippen LogP contribution in [0.2, 0.25) is 0 Å². The van der Waals surface area contributed by atoms with Gasteiger partial charge in [0.05, 0.1) is 11.5 Å². The van der Waals surface area contributed by atoms with Crippen LogP contribution in [-0.2, 0) is 16.1 Å². The third-order valence-corrected chi connectivity index (χ3v) is 5.14. The molecule has 7 heteroatoms. The molecule has 1 saturated heterocycles.